The van der Waals surface area contributed by atoms with Crippen LogP contribution in [0.4, 0.5) is 0 Å². The average molecular weight is 298 g/mol. The number of ether oxygens (including phenoxy) is 1. The number of rotatable bonds is 3. The Hall–Kier alpha value is -2.40. The van der Waals surface area contributed by atoms with E-state index in [1.165, 1.54) is 0 Å². The third kappa shape index (κ3) is 2.25. The first-order valence-corrected chi connectivity index (χ1v) is 7.18. The van der Waals surface area contributed by atoms with Gasteiger partial charge in [-0.05, 0) is 23.8 Å². The Morgan fingerprint density at radius 3 is 2.67 bits per heavy atom. The van der Waals surface area contributed by atoms with Crippen LogP contribution in [0.25, 0.3) is 21.3 Å². The lowest BCUT2D eigenvalue weighted by Gasteiger charge is -2.09. The maximum absolute atomic E-state index is 11.1. The molecule has 3 aromatic rings. The summed E-state index contributed by atoms with van der Waals surface area (Å²) in [6.07, 6.45) is 0. The second-order valence-corrected chi connectivity index (χ2v) is 5.58. The molecule has 1 heterocycles. The molecule has 106 valence electrons. The van der Waals surface area contributed by atoms with Crippen molar-refractivity contribution in [2.45, 2.75) is 6.92 Å². The van der Waals surface area contributed by atoms with E-state index in [0.717, 1.165) is 27.7 Å². The molecule has 3 rings (SSSR count). The van der Waals surface area contributed by atoms with Crippen molar-refractivity contribution in [3.8, 4) is 16.3 Å². The van der Waals surface area contributed by atoms with Gasteiger partial charge in [-0.3, -0.25) is 0 Å². The van der Waals surface area contributed by atoms with Crippen LogP contribution in [0.3, 0.4) is 0 Å². The van der Waals surface area contributed by atoms with Gasteiger partial charge in [-0.25, -0.2) is 4.98 Å². The number of aromatic nitrogens is 1. The first kappa shape index (κ1) is 13.6. The monoisotopic (exact) mass is 298 g/mol. The molecule has 0 saturated carbocycles. The lowest BCUT2D eigenvalue weighted by atomic mass is 10.0. The van der Waals surface area contributed by atoms with Crippen LogP contribution in [0.2, 0.25) is 0 Å². The molecule has 0 aliphatic rings. The summed E-state index contributed by atoms with van der Waals surface area (Å²) in [6, 6.07) is 11.7. The number of hydrogen-bond donors (Lipinski definition) is 0. The van der Waals surface area contributed by atoms with E-state index in [1.807, 2.05) is 36.4 Å². The SMILES string of the molecule is COc1ccc2ccccc2c1-c1nc(C)c(C(=O)[O-])s1. The van der Waals surface area contributed by atoms with Crippen LogP contribution < -0.4 is 9.84 Å². The van der Waals surface area contributed by atoms with Gasteiger partial charge in [0.1, 0.15) is 10.8 Å². The second kappa shape index (κ2) is 5.18. The molecular formula is C16H12NO3S-. The molecule has 5 heteroatoms. The summed E-state index contributed by atoms with van der Waals surface area (Å²) in [6.45, 7) is 1.67. The molecule has 0 atom stereocenters. The maximum atomic E-state index is 11.1. The van der Waals surface area contributed by atoms with E-state index in [2.05, 4.69) is 4.98 Å². The van der Waals surface area contributed by atoms with Crippen molar-refractivity contribution in [3.63, 3.8) is 0 Å². The highest BCUT2D eigenvalue weighted by atomic mass is 32.1. The first-order valence-electron chi connectivity index (χ1n) is 6.36. The van der Waals surface area contributed by atoms with Crippen molar-refractivity contribution in [2.24, 2.45) is 0 Å². The van der Waals surface area contributed by atoms with Crippen LogP contribution in [0.1, 0.15) is 15.4 Å². The smallest absolute Gasteiger partial charge is 0.129 e. The van der Waals surface area contributed by atoms with Gasteiger partial charge in [0.05, 0.1) is 29.2 Å². The van der Waals surface area contributed by atoms with Crippen molar-refractivity contribution in [2.75, 3.05) is 7.11 Å². The number of thiazole rings is 1. The second-order valence-electron chi connectivity index (χ2n) is 4.58. The summed E-state index contributed by atoms with van der Waals surface area (Å²) >= 11 is 1.11. The van der Waals surface area contributed by atoms with Gasteiger partial charge < -0.3 is 14.6 Å². The minimum absolute atomic E-state index is 0.153. The standard InChI is InChI=1S/C16H13NO3S/c1-9-14(16(18)19)21-15(17-9)13-11-6-4-3-5-10(11)7-8-12(13)20-2/h3-8H,1-2H3,(H,18,19)/p-1. The molecule has 0 unspecified atom stereocenters. The molecular weight excluding hydrogens is 286 g/mol. The molecule has 0 saturated heterocycles. The number of hydrogen-bond acceptors (Lipinski definition) is 5. The highest BCUT2D eigenvalue weighted by Gasteiger charge is 2.16. The maximum Gasteiger partial charge on any atom is 0.129 e. The summed E-state index contributed by atoms with van der Waals surface area (Å²) in [5.74, 6) is -0.525. The number of carboxylic acids is 1. The van der Waals surface area contributed by atoms with Gasteiger partial charge in [-0.2, -0.15) is 0 Å². The Labute approximate surface area is 125 Å². The first-order chi connectivity index (χ1) is 10.1. The number of aromatic carboxylic acids is 1. The highest BCUT2D eigenvalue weighted by Crippen LogP contribution is 2.39. The van der Waals surface area contributed by atoms with Crippen LogP contribution in [0.5, 0.6) is 5.75 Å². The number of nitrogens with zero attached hydrogens (tertiary/aromatic N) is 1. The Morgan fingerprint density at radius 2 is 2.00 bits per heavy atom. The topological polar surface area (TPSA) is 62.2 Å². The number of methoxy groups -OCH3 is 1. The van der Waals surface area contributed by atoms with Crippen molar-refractivity contribution in [1.29, 1.82) is 0 Å². The van der Waals surface area contributed by atoms with Gasteiger partial charge in [-0.15, -0.1) is 11.3 Å². The molecule has 0 aliphatic carbocycles. The Bertz CT molecular complexity index is 839. The third-order valence-electron chi connectivity index (χ3n) is 3.31. The number of carbonyl (C=O) groups excluding carboxylic acids is 1. The number of carboxylic acid groups (broad SMARTS) is 1. The number of fused-ring (bicyclic) bond motifs is 1. The molecule has 0 bridgehead atoms. The zero-order valence-corrected chi connectivity index (χ0v) is 12.4. The number of benzene rings is 2. The van der Waals surface area contributed by atoms with Crippen molar-refractivity contribution < 1.29 is 14.6 Å². The predicted molar refractivity (Wildman–Crippen MR) is 80.7 cm³/mol. The Morgan fingerprint density at radius 1 is 1.24 bits per heavy atom. The van der Waals surface area contributed by atoms with Crippen LogP contribution in [0.15, 0.2) is 36.4 Å². The lowest BCUT2D eigenvalue weighted by Crippen LogP contribution is -2.21. The highest BCUT2D eigenvalue weighted by molar-refractivity contribution is 7.17. The van der Waals surface area contributed by atoms with Gasteiger partial charge in [0, 0.05) is 0 Å². The number of carbonyl (C=O) groups is 1. The molecule has 4 nitrogen and oxygen atoms in total. The largest absolute Gasteiger partial charge is 0.544 e. The molecule has 0 aliphatic heterocycles. The zero-order chi connectivity index (χ0) is 15.0. The van der Waals surface area contributed by atoms with E-state index in [-0.39, 0.29) is 4.88 Å². The normalized spacial score (nSPS) is 10.8. The van der Waals surface area contributed by atoms with Crippen LogP contribution >= 0.6 is 11.3 Å². The summed E-state index contributed by atoms with van der Waals surface area (Å²) < 4.78 is 5.42. The van der Waals surface area contributed by atoms with Crippen LogP contribution in [0, 0.1) is 6.92 Å². The Kier molecular flexibility index (Phi) is 3.35. The summed E-state index contributed by atoms with van der Waals surface area (Å²) in [5.41, 5.74) is 1.28. The van der Waals surface area contributed by atoms with E-state index < -0.39 is 5.97 Å². The van der Waals surface area contributed by atoms with E-state index in [1.54, 1.807) is 14.0 Å². The van der Waals surface area contributed by atoms with Crippen LogP contribution in [-0.4, -0.2) is 18.1 Å². The van der Waals surface area contributed by atoms with Crippen molar-refractivity contribution in [1.82, 2.24) is 4.98 Å². The molecule has 0 fully saturated rings. The average Bonchev–Trinajstić information content (AvgIpc) is 2.87. The molecule has 0 spiro atoms. The summed E-state index contributed by atoms with van der Waals surface area (Å²) in [7, 11) is 1.59. The predicted octanol–water partition coefficient (Wildman–Crippen LogP) is 2.64. The van der Waals surface area contributed by atoms with Gasteiger partial charge in [0.15, 0.2) is 0 Å². The van der Waals surface area contributed by atoms with Gasteiger partial charge in [-0.1, -0.05) is 30.3 Å². The van der Waals surface area contributed by atoms with E-state index in [9.17, 15) is 9.90 Å². The van der Waals surface area contributed by atoms with Gasteiger partial charge in [0.2, 0.25) is 0 Å². The fourth-order valence-corrected chi connectivity index (χ4v) is 3.30. The quantitative estimate of drug-likeness (QED) is 0.745. The number of aryl methyl sites for hydroxylation is 1. The van der Waals surface area contributed by atoms with Gasteiger partial charge >= 0.3 is 0 Å². The minimum Gasteiger partial charge on any atom is -0.544 e. The van der Waals surface area contributed by atoms with Crippen molar-refractivity contribution >= 4 is 28.1 Å². The molecule has 0 radical (unpaired) electrons. The zero-order valence-electron chi connectivity index (χ0n) is 11.5. The summed E-state index contributed by atoms with van der Waals surface area (Å²) in [4.78, 5) is 15.6. The van der Waals surface area contributed by atoms with E-state index in [4.69, 9.17) is 4.74 Å². The minimum atomic E-state index is -1.20. The third-order valence-corrected chi connectivity index (χ3v) is 4.46. The van der Waals surface area contributed by atoms with Gasteiger partial charge in [0.25, 0.3) is 0 Å². The lowest BCUT2D eigenvalue weighted by molar-refractivity contribution is -0.254. The fourth-order valence-electron chi connectivity index (χ4n) is 2.33. The molecule has 0 amide bonds. The van der Waals surface area contributed by atoms with Crippen molar-refractivity contribution in [3.05, 3.63) is 47.0 Å². The molecule has 0 N–H and O–H groups in total. The van der Waals surface area contributed by atoms with E-state index in [0.29, 0.717) is 16.5 Å². The van der Waals surface area contributed by atoms with E-state index >= 15 is 0 Å². The van der Waals surface area contributed by atoms with Crippen LogP contribution in [-0.2, 0) is 0 Å². The molecule has 2 aromatic carbocycles. The molecule has 21 heavy (non-hydrogen) atoms. The fraction of sp³-hybridized carbons (Fsp3) is 0.125. The molecule has 1 aromatic heterocycles. The Balaban J connectivity index is 2.32. The summed E-state index contributed by atoms with van der Waals surface area (Å²) in [5, 5.41) is 13.8.